The summed E-state index contributed by atoms with van der Waals surface area (Å²) in [6.07, 6.45) is 1.92. The van der Waals surface area contributed by atoms with Crippen molar-refractivity contribution < 1.29 is 4.79 Å². The third-order valence-electron chi connectivity index (χ3n) is 5.53. The largest absolute Gasteiger partial charge is 0.361 e. The van der Waals surface area contributed by atoms with Crippen LogP contribution < -0.4 is 0 Å². The molecule has 5 rings (SSSR count). The van der Waals surface area contributed by atoms with E-state index in [1.54, 1.807) is 0 Å². The fourth-order valence-electron chi connectivity index (χ4n) is 4.37. The average molecular weight is 358 g/mol. The van der Waals surface area contributed by atoms with E-state index >= 15 is 0 Å². The van der Waals surface area contributed by atoms with Crippen LogP contribution in [0.4, 0.5) is 0 Å². The van der Waals surface area contributed by atoms with Gasteiger partial charge in [0.15, 0.2) is 0 Å². The predicted molar refractivity (Wildman–Crippen MR) is 108 cm³/mol. The molecule has 2 aromatic heterocycles. The Bertz CT molecular complexity index is 1180. The van der Waals surface area contributed by atoms with Gasteiger partial charge in [0.2, 0.25) is 0 Å². The Morgan fingerprint density at radius 3 is 2.74 bits per heavy atom. The summed E-state index contributed by atoms with van der Waals surface area (Å²) in [5.74, 6) is 0.0826. The zero-order chi connectivity index (χ0) is 18.7. The van der Waals surface area contributed by atoms with Gasteiger partial charge in [0, 0.05) is 58.4 Å². The molecule has 0 aliphatic carbocycles. The summed E-state index contributed by atoms with van der Waals surface area (Å²) in [6, 6.07) is 14.4. The highest BCUT2D eigenvalue weighted by molar-refractivity contribution is 6.04. The normalized spacial score (nSPS) is 16.8. The number of amides is 1. The molecule has 2 N–H and O–H groups in total. The van der Waals surface area contributed by atoms with Crippen LogP contribution in [0, 0.1) is 0 Å². The van der Waals surface area contributed by atoms with E-state index in [2.05, 4.69) is 53.2 Å². The molecule has 0 bridgehead atoms. The van der Waals surface area contributed by atoms with Crippen LogP contribution in [-0.4, -0.2) is 46.8 Å². The first-order valence-electron chi connectivity index (χ1n) is 9.17. The van der Waals surface area contributed by atoms with Crippen LogP contribution in [0.2, 0.25) is 0 Å². The number of para-hydroxylation sites is 1. The Morgan fingerprint density at radius 1 is 1.11 bits per heavy atom. The quantitative estimate of drug-likeness (QED) is 0.584. The lowest BCUT2D eigenvalue weighted by Crippen LogP contribution is -2.25. The van der Waals surface area contributed by atoms with Gasteiger partial charge in [-0.2, -0.15) is 0 Å². The van der Waals surface area contributed by atoms with Gasteiger partial charge in [-0.25, -0.2) is 0 Å². The van der Waals surface area contributed by atoms with Crippen LogP contribution in [0.15, 0.2) is 48.7 Å². The van der Waals surface area contributed by atoms with E-state index in [9.17, 15) is 4.79 Å². The first kappa shape index (κ1) is 16.1. The zero-order valence-electron chi connectivity index (χ0n) is 15.7. The lowest BCUT2D eigenvalue weighted by atomic mass is 9.94. The molecule has 0 radical (unpaired) electrons. The number of aromatic nitrogens is 2. The minimum atomic E-state index is -0.0914. The number of H-pyrrole nitrogens is 2. The van der Waals surface area contributed by atoms with E-state index in [1.165, 1.54) is 10.9 Å². The summed E-state index contributed by atoms with van der Waals surface area (Å²) >= 11 is 0. The fraction of sp³-hybridized carbons (Fsp3) is 0.227. The van der Waals surface area contributed by atoms with Crippen molar-refractivity contribution in [3.05, 3.63) is 71.0 Å². The van der Waals surface area contributed by atoms with Gasteiger partial charge in [0.1, 0.15) is 0 Å². The van der Waals surface area contributed by atoms with Crippen LogP contribution in [0.5, 0.6) is 0 Å². The predicted octanol–water partition coefficient (Wildman–Crippen LogP) is 3.89. The molecule has 136 valence electrons. The monoisotopic (exact) mass is 358 g/mol. The molecule has 5 heteroatoms. The Hall–Kier alpha value is -3.05. The molecule has 0 spiro atoms. The van der Waals surface area contributed by atoms with Gasteiger partial charge in [-0.05, 0) is 43.9 Å². The minimum Gasteiger partial charge on any atom is -0.361 e. The molecule has 4 aromatic rings. The Morgan fingerprint density at radius 2 is 1.93 bits per heavy atom. The van der Waals surface area contributed by atoms with Crippen molar-refractivity contribution in [2.24, 2.45) is 0 Å². The highest BCUT2D eigenvalue weighted by atomic mass is 16.2. The molecular weight excluding hydrogens is 336 g/mol. The van der Waals surface area contributed by atoms with Crippen LogP contribution >= 0.6 is 0 Å². The molecule has 5 nitrogen and oxygen atoms in total. The molecule has 3 heterocycles. The molecule has 0 fully saturated rings. The summed E-state index contributed by atoms with van der Waals surface area (Å²) in [6.45, 7) is 0.794. The lowest BCUT2D eigenvalue weighted by molar-refractivity contribution is 0.0794. The van der Waals surface area contributed by atoms with Gasteiger partial charge in [0.05, 0.1) is 6.04 Å². The molecule has 1 aliphatic heterocycles. The maximum absolute atomic E-state index is 13.0. The lowest BCUT2D eigenvalue weighted by Gasteiger charge is -2.23. The molecular formula is C22H22N4O. The van der Waals surface area contributed by atoms with Crippen molar-refractivity contribution in [1.82, 2.24) is 19.8 Å². The highest BCUT2D eigenvalue weighted by Crippen LogP contribution is 2.43. The summed E-state index contributed by atoms with van der Waals surface area (Å²) in [4.78, 5) is 23.9. The summed E-state index contributed by atoms with van der Waals surface area (Å²) < 4.78 is 0. The van der Waals surface area contributed by atoms with E-state index < -0.39 is 0 Å². The first-order chi connectivity index (χ1) is 13.0. The minimum absolute atomic E-state index is 0.0826. The number of benzene rings is 2. The van der Waals surface area contributed by atoms with Gasteiger partial charge >= 0.3 is 0 Å². The van der Waals surface area contributed by atoms with Crippen molar-refractivity contribution in [1.29, 1.82) is 0 Å². The number of hydrogen-bond acceptors (Lipinski definition) is 2. The molecule has 1 aliphatic rings. The van der Waals surface area contributed by atoms with Gasteiger partial charge in [-0.3, -0.25) is 4.79 Å². The topological polar surface area (TPSA) is 55.1 Å². The SMILES string of the molecule is CN(C)Cc1[nH]c2ccccc2c1[C@@H]1c2cc3[nH]ccc3cc2C(=O)N1C. The van der Waals surface area contributed by atoms with E-state index in [0.717, 1.165) is 39.8 Å². The molecule has 0 saturated carbocycles. The number of nitrogens with one attached hydrogen (secondary N) is 2. The Kier molecular flexibility index (Phi) is 3.42. The number of fused-ring (bicyclic) bond motifs is 3. The van der Waals surface area contributed by atoms with E-state index in [0.29, 0.717) is 0 Å². The van der Waals surface area contributed by atoms with Gasteiger partial charge in [-0.1, -0.05) is 18.2 Å². The molecule has 0 unspecified atom stereocenters. The second-order valence-corrected chi connectivity index (χ2v) is 7.62. The number of nitrogens with zero attached hydrogens (tertiary/aromatic N) is 2. The van der Waals surface area contributed by atoms with Crippen molar-refractivity contribution in [2.75, 3.05) is 21.1 Å². The molecule has 1 atom stereocenters. The third-order valence-corrected chi connectivity index (χ3v) is 5.53. The van der Waals surface area contributed by atoms with Crippen LogP contribution in [0.25, 0.3) is 21.8 Å². The maximum Gasteiger partial charge on any atom is 0.254 e. The summed E-state index contributed by atoms with van der Waals surface area (Å²) in [5, 5.41) is 2.25. The number of hydrogen-bond donors (Lipinski definition) is 2. The summed E-state index contributed by atoms with van der Waals surface area (Å²) in [5.41, 5.74) is 6.40. The Labute approximate surface area is 157 Å². The molecule has 0 saturated heterocycles. The summed E-state index contributed by atoms with van der Waals surface area (Å²) in [7, 11) is 6.03. The fourth-order valence-corrected chi connectivity index (χ4v) is 4.37. The molecule has 27 heavy (non-hydrogen) atoms. The Balaban J connectivity index is 1.79. The smallest absolute Gasteiger partial charge is 0.254 e. The first-order valence-corrected chi connectivity index (χ1v) is 9.17. The third kappa shape index (κ3) is 2.32. The number of carbonyl (C=O) groups is 1. The van der Waals surface area contributed by atoms with E-state index in [-0.39, 0.29) is 11.9 Å². The maximum atomic E-state index is 13.0. The van der Waals surface area contributed by atoms with E-state index in [1.807, 2.05) is 36.3 Å². The number of carbonyl (C=O) groups excluding carboxylic acids is 1. The van der Waals surface area contributed by atoms with E-state index in [4.69, 9.17) is 0 Å². The van der Waals surface area contributed by atoms with Gasteiger partial charge in [-0.15, -0.1) is 0 Å². The second kappa shape index (κ2) is 5.72. The van der Waals surface area contributed by atoms with Crippen LogP contribution in [0.3, 0.4) is 0 Å². The van der Waals surface area contributed by atoms with Crippen molar-refractivity contribution >= 4 is 27.7 Å². The average Bonchev–Trinajstić information content (AvgIpc) is 3.29. The number of aromatic amines is 2. The molecule has 1 amide bonds. The van der Waals surface area contributed by atoms with Crippen molar-refractivity contribution in [3.8, 4) is 0 Å². The highest BCUT2D eigenvalue weighted by Gasteiger charge is 2.38. The van der Waals surface area contributed by atoms with Gasteiger partial charge < -0.3 is 19.8 Å². The second-order valence-electron chi connectivity index (χ2n) is 7.62. The van der Waals surface area contributed by atoms with Crippen molar-refractivity contribution in [3.63, 3.8) is 0 Å². The zero-order valence-corrected chi connectivity index (χ0v) is 15.7. The van der Waals surface area contributed by atoms with Gasteiger partial charge in [0.25, 0.3) is 5.91 Å². The standard InChI is InChI=1S/C22H22N4O/c1-25(2)12-19-20(14-6-4-5-7-17(14)24-19)21-15-11-18-13(8-9-23-18)10-16(15)22(27)26(21)3/h4-11,21,23-24H,12H2,1-3H3/t21-/m0/s1. The van der Waals surface area contributed by atoms with Crippen LogP contribution in [0.1, 0.15) is 33.2 Å². The molecule has 2 aromatic carbocycles. The van der Waals surface area contributed by atoms with Crippen LogP contribution in [-0.2, 0) is 6.54 Å². The van der Waals surface area contributed by atoms with Crippen molar-refractivity contribution in [2.45, 2.75) is 12.6 Å². The number of rotatable bonds is 3.